The van der Waals surface area contributed by atoms with Crippen LogP contribution < -0.4 is 0 Å². The molecule has 1 nitrogen and oxygen atoms in total. The van der Waals surface area contributed by atoms with Gasteiger partial charge in [-0.25, -0.2) is 4.39 Å². The molecule has 1 aliphatic heterocycles. The average Bonchev–Trinajstić information content (AvgIpc) is 2.28. The predicted molar refractivity (Wildman–Crippen MR) is 72.5 cm³/mol. The van der Waals surface area contributed by atoms with Gasteiger partial charge in [0.25, 0.3) is 0 Å². The van der Waals surface area contributed by atoms with E-state index in [1.807, 2.05) is 19.1 Å². The molecule has 0 spiro atoms. The summed E-state index contributed by atoms with van der Waals surface area (Å²) in [5, 5.41) is 0. The zero-order chi connectivity index (χ0) is 12.4. The molecule has 94 valence electrons. The Hall–Kier alpha value is -0.410. The second-order valence-corrected chi connectivity index (χ2v) is 6.07. The summed E-state index contributed by atoms with van der Waals surface area (Å²) in [4.78, 5) is 2.35. The Balaban J connectivity index is 2.08. The number of nitrogens with zero attached hydrogens (tertiary/aromatic N) is 1. The van der Waals surface area contributed by atoms with Crippen LogP contribution >= 0.6 is 15.9 Å². The van der Waals surface area contributed by atoms with Crippen molar-refractivity contribution in [1.82, 2.24) is 4.90 Å². The first-order valence-corrected chi connectivity index (χ1v) is 7.02. The van der Waals surface area contributed by atoms with Crippen LogP contribution in [-0.2, 0) is 6.54 Å². The summed E-state index contributed by atoms with van der Waals surface area (Å²) in [5.74, 6) is 0.771. The van der Waals surface area contributed by atoms with Gasteiger partial charge in [0.05, 0.1) is 0 Å². The first-order chi connectivity index (χ1) is 8.06. The van der Waals surface area contributed by atoms with Crippen molar-refractivity contribution in [1.29, 1.82) is 0 Å². The molecule has 1 aliphatic rings. The third-order valence-electron chi connectivity index (χ3n) is 3.56. The molecule has 0 radical (unpaired) electrons. The molecule has 0 aromatic heterocycles. The van der Waals surface area contributed by atoms with Crippen LogP contribution in [0.5, 0.6) is 0 Å². The van der Waals surface area contributed by atoms with Crippen LogP contribution in [0, 0.1) is 18.7 Å². The van der Waals surface area contributed by atoms with Gasteiger partial charge in [0.15, 0.2) is 0 Å². The third-order valence-corrected chi connectivity index (χ3v) is 4.02. The zero-order valence-electron chi connectivity index (χ0n) is 10.5. The third kappa shape index (κ3) is 3.29. The fourth-order valence-corrected chi connectivity index (χ4v) is 2.99. The maximum Gasteiger partial charge on any atom is 0.130 e. The Morgan fingerprint density at radius 1 is 1.35 bits per heavy atom. The summed E-state index contributed by atoms with van der Waals surface area (Å²) in [7, 11) is 0. The second-order valence-electron chi connectivity index (χ2n) is 5.15. The minimum atomic E-state index is -0.0492. The minimum absolute atomic E-state index is 0.0492. The van der Waals surface area contributed by atoms with E-state index in [1.165, 1.54) is 12.8 Å². The zero-order valence-corrected chi connectivity index (χ0v) is 12.1. The number of benzene rings is 1. The van der Waals surface area contributed by atoms with E-state index in [0.717, 1.165) is 41.2 Å². The highest BCUT2D eigenvalue weighted by Crippen LogP contribution is 2.23. The highest BCUT2D eigenvalue weighted by atomic mass is 79.9. The second kappa shape index (κ2) is 5.49. The lowest BCUT2D eigenvalue weighted by Gasteiger charge is -2.30. The van der Waals surface area contributed by atoms with E-state index in [4.69, 9.17) is 0 Å². The molecule has 2 rings (SSSR count). The Morgan fingerprint density at radius 3 is 2.65 bits per heavy atom. The molecular formula is C14H19BrFN. The van der Waals surface area contributed by atoms with E-state index in [1.54, 1.807) is 0 Å². The topological polar surface area (TPSA) is 3.24 Å². The van der Waals surface area contributed by atoms with E-state index in [2.05, 4.69) is 27.8 Å². The number of piperidine rings is 1. The molecule has 0 N–H and O–H groups in total. The van der Waals surface area contributed by atoms with Gasteiger partial charge in [-0.05, 0) is 56.5 Å². The lowest BCUT2D eigenvalue weighted by Crippen LogP contribution is -2.32. The Morgan fingerprint density at radius 2 is 2.00 bits per heavy atom. The fraction of sp³-hybridized carbons (Fsp3) is 0.571. The lowest BCUT2D eigenvalue weighted by molar-refractivity contribution is 0.183. The molecule has 1 fully saturated rings. The van der Waals surface area contributed by atoms with E-state index < -0.39 is 0 Å². The van der Waals surface area contributed by atoms with Crippen LogP contribution in [0.4, 0.5) is 4.39 Å². The minimum Gasteiger partial charge on any atom is -0.299 e. The first kappa shape index (κ1) is 13.0. The summed E-state index contributed by atoms with van der Waals surface area (Å²) in [6, 6.07) is 3.73. The molecule has 3 heteroatoms. The molecule has 0 aliphatic carbocycles. The van der Waals surface area contributed by atoms with E-state index >= 15 is 0 Å². The summed E-state index contributed by atoms with van der Waals surface area (Å²) in [6.07, 6.45) is 2.46. The number of hydrogen-bond acceptors (Lipinski definition) is 1. The lowest BCUT2D eigenvalue weighted by atomic mass is 9.98. The van der Waals surface area contributed by atoms with Crippen molar-refractivity contribution in [2.45, 2.75) is 33.2 Å². The summed E-state index contributed by atoms with van der Waals surface area (Å²) >= 11 is 3.44. The van der Waals surface area contributed by atoms with Crippen molar-refractivity contribution in [3.63, 3.8) is 0 Å². The summed E-state index contributed by atoms with van der Waals surface area (Å²) < 4.78 is 14.9. The Bertz CT molecular complexity index is 397. The van der Waals surface area contributed by atoms with Crippen molar-refractivity contribution in [2.75, 3.05) is 13.1 Å². The monoisotopic (exact) mass is 299 g/mol. The number of rotatable bonds is 2. The predicted octanol–water partition coefficient (Wildman–Crippen LogP) is 4.13. The maximum atomic E-state index is 14.0. The van der Waals surface area contributed by atoms with Gasteiger partial charge in [-0.3, -0.25) is 4.90 Å². The van der Waals surface area contributed by atoms with Gasteiger partial charge >= 0.3 is 0 Å². The van der Waals surface area contributed by atoms with Crippen molar-refractivity contribution in [3.8, 4) is 0 Å². The Labute approximate surface area is 111 Å². The number of aryl methyl sites for hydroxylation is 1. The summed E-state index contributed by atoms with van der Waals surface area (Å²) in [6.45, 7) is 7.03. The fourth-order valence-electron chi connectivity index (χ4n) is 2.37. The number of likely N-dealkylation sites (tertiary alicyclic amines) is 1. The van der Waals surface area contributed by atoms with Crippen molar-refractivity contribution in [2.24, 2.45) is 5.92 Å². The molecule has 0 amide bonds. The van der Waals surface area contributed by atoms with Crippen LogP contribution in [0.3, 0.4) is 0 Å². The molecule has 17 heavy (non-hydrogen) atoms. The normalized spacial score (nSPS) is 18.6. The van der Waals surface area contributed by atoms with Gasteiger partial charge in [0.2, 0.25) is 0 Å². The van der Waals surface area contributed by atoms with Crippen molar-refractivity contribution in [3.05, 3.63) is 33.5 Å². The van der Waals surface area contributed by atoms with Crippen molar-refractivity contribution >= 4 is 15.9 Å². The van der Waals surface area contributed by atoms with Gasteiger partial charge in [0.1, 0.15) is 5.82 Å². The number of hydrogen-bond donors (Lipinski definition) is 0. The molecular weight excluding hydrogens is 281 g/mol. The van der Waals surface area contributed by atoms with Gasteiger partial charge in [-0.15, -0.1) is 0 Å². The largest absolute Gasteiger partial charge is 0.299 e. The van der Waals surface area contributed by atoms with Gasteiger partial charge in [0, 0.05) is 16.6 Å². The average molecular weight is 300 g/mol. The quantitative estimate of drug-likeness (QED) is 0.794. The van der Waals surface area contributed by atoms with Crippen LogP contribution in [0.25, 0.3) is 0 Å². The van der Waals surface area contributed by atoms with Gasteiger partial charge in [-0.1, -0.05) is 22.9 Å². The highest BCUT2D eigenvalue weighted by molar-refractivity contribution is 9.10. The molecule has 1 heterocycles. The van der Waals surface area contributed by atoms with Crippen LogP contribution in [0.15, 0.2) is 16.6 Å². The van der Waals surface area contributed by atoms with Gasteiger partial charge < -0.3 is 0 Å². The number of halogens is 2. The molecule has 0 unspecified atom stereocenters. The molecule has 0 saturated carbocycles. The van der Waals surface area contributed by atoms with Crippen LogP contribution in [0.1, 0.15) is 30.9 Å². The molecule has 1 aromatic rings. The smallest absolute Gasteiger partial charge is 0.130 e. The maximum absolute atomic E-state index is 14.0. The van der Waals surface area contributed by atoms with Crippen LogP contribution in [-0.4, -0.2) is 18.0 Å². The van der Waals surface area contributed by atoms with Crippen LogP contribution in [0.2, 0.25) is 0 Å². The molecule has 0 bridgehead atoms. The van der Waals surface area contributed by atoms with E-state index in [9.17, 15) is 4.39 Å². The van der Waals surface area contributed by atoms with E-state index in [0.29, 0.717) is 0 Å². The standard InChI is InChI=1S/C14H19BrFN/c1-10-3-5-17(6-4-10)9-12-8-13(15)7-11(2)14(12)16/h7-8,10H,3-6,9H2,1-2H3. The Kier molecular flexibility index (Phi) is 4.21. The molecule has 0 atom stereocenters. The summed E-state index contributed by atoms with van der Waals surface area (Å²) in [5.41, 5.74) is 1.53. The van der Waals surface area contributed by atoms with Gasteiger partial charge in [-0.2, -0.15) is 0 Å². The molecule has 1 aromatic carbocycles. The molecule has 1 saturated heterocycles. The highest BCUT2D eigenvalue weighted by Gasteiger charge is 2.17. The van der Waals surface area contributed by atoms with Crippen molar-refractivity contribution < 1.29 is 4.39 Å². The first-order valence-electron chi connectivity index (χ1n) is 6.23. The SMILES string of the molecule is Cc1cc(Br)cc(CN2CCC(C)CC2)c1F. The van der Waals surface area contributed by atoms with E-state index in [-0.39, 0.29) is 5.82 Å².